The fourth-order valence-corrected chi connectivity index (χ4v) is 2.63. The fraction of sp³-hybridized carbons (Fsp3) is 0.467. The lowest BCUT2D eigenvalue weighted by Crippen LogP contribution is -2.29. The van der Waals surface area contributed by atoms with E-state index in [1.165, 1.54) is 0 Å². The summed E-state index contributed by atoms with van der Waals surface area (Å²) in [6.07, 6.45) is 3.85. The Bertz CT molecular complexity index is 517. The van der Waals surface area contributed by atoms with Gasteiger partial charge in [0.25, 0.3) is 0 Å². The minimum atomic E-state index is 0.232. The third kappa shape index (κ3) is 3.48. The maximum Gasteiger partial charge on any atom is 0.222 e. The molecule has 1 saturated heterocycles. The minimum absolute atomic E-state index is 0.232. The van der Waals surface area contributed by atoms with E-state index in [2.05, 4.69) is 0 Å². The zero-order valence-electron chi connectivity index (χ0n) is 11.7. The van der Waals surface area contributed by atoms with Gasteiger partial charge >= 0.3 is 0 Å². The first kappa shape index (κ1) is 14.8. The Kier molecular flexibility index (Phi) is 4.95. The molecule has 0 unspecified atom stereocenters. The van der Waals surface area contributed by atoms with Crippen LogP contribution in [0.1, 0.15) is 36.8 Å². The molecular weight excluding hydrogens is 272 g/mol. The summed E-state index contributed by atoms with van der Waals surface area (Å²) in [5.74, 6) is 0.902. The van der Waals surface area contributed by atoms with E-state index in [9.17, 15) is 4.79 Å². The summed E-state index contributed by atoms with van der Waals surface area (Å²) in [5, 5.41) is 0. The lowest BCUT2D eigenvalue weighted by molar-refractivity contribution is -0.131. The van der Waals surface area contributed by atoms with Gasteiger partial charge in [0.1, 0.15) is 10.7 Å². The summed E-state index contributed by atoms with van der Waals surface area (Å²) in [4.78, 5) is 14.2. The molecule has 0 atom stereocenters. The summed E-state index contributed by atoms with van der Waals surface area (Å²) in [6.45, 7) is 1.44. The monoisotopic (exact) mass is 292 g/mol. The molecule has 0 radical (unpaired) electrons. The lowest BCUT2D eigenvalue weighted by atomic mass is 10.1. The molecule has 5 heteroatoms. The summed E-state index contributed by atoms with van der Waals surface area (Å²) in [6, 6.07) is 5.73. The number of rotatable bonds is 4. The third-order valence-electron chi connectivity index (χ3n) is 3.57. The average molecular weight is 292 g/mol. The van der Waals surface area contributed by atoms with E-state index >= 15 is 0 Å². The normalized spacial score (nSPS) is 15.8. The van der Waals surface area contributed by atoms with Gasteiger partial charge in [0.15, 0.2) is 0 Å². The molecule has 1 aromatic carbocycles. The van der Waals surface area contributed by atoms with Crippen molar-refractivity contribution in [3.63, 3.8) is 0 Å². The van der Waals surface area contributed by atoms with Gasteiger partial charge in [-0.05, 0) is 30.5 Å². The van der Waals surface area contributed by atoms with Crippen molar-refractivity contribution in [2.24, 2.45) is 5.73 Å². The second-order valence-corrected chi connectivity index (χ2v) is 5.46. The number of nitrogens with two attached hydrogens (primary N) is 1. The fourth-order valence-electron chi connectivity index (χ4n) is 2.47. The number of hydrogen-bond acceptors (Lipinski definition) is 3. The van der Waals surface area contributed by atoms with Crippen LogP contribution in [0.2, 0.25) is 0 Å². The van der Waals surface area contributed by atoms with Crippen molar-refractivity contribution in [2.75, 3.05) is 13.7 Å². The second-order valence-electron chi connectivity index (χ2n) is 5.02. The van der Waals surface area contributed by atoms with Crippen molar-refractivity contribution >= 4 is 23.1 Å². The van der Waals surface area contributed by atoms with Crippen LogP contribution in [0.3, 0.4) is 0 Å². The Balaban J connectivity index is 2.18. The van der Waals surface area contributed by atoms with Gasteiger partial charge in [-0.3, -0.25) is 4.79 Å². The zero-order valence-corrected chi connectivity index (χ0v) is 12.5. The highest BCUT2D eigenvalue weighted by molar-refractivity contribution is 7.80. The lowest BCUT2D eigenvalue weighted by Gasteiger charge is -2.21. The van der Waals surface area contributed by atoms with E-state index in [1.807, 2.05) is 23.1 Å². The maximum absolute atomic E-state index is 12.0. The smallest absolute Gasteiger partial charge is 0.222 e. The van der Waals surface area contributed by atoms with Crippen molar-refractivity contribution in [3.05, 3.63) is 29.3 Å². The molecule has 1 aliphatic rings. The molecule has 20 heavy (non-hydrogen) atoms. The average Bonchev–Trinajstić information content (AvgIpc) is 2.64. The molecule has 0 aromatic heterocycles. The summed E-state index contributed by atoms with van der Waals surface area (Å²) >= 11 is 5.04. The van der Waals surface area contributed by atoms with Gasteiger partial charge in [0, 0.05) is 19.5 Å². The predicted octanol–water partition coefficient (Wildman–Crippen LogP) is 2.23. The Morgan fingerprint density at radius 1 is 1.40 bits per heavy atom. The Hall–Kier alpha value is -1.62. The van der Waals surface area contributed by atoms with Gasteiger partial charge in [-0.15, -0.1) is 0 Å². The van der Waals surface area contributed by atoms with Crippen molar-refractivity contribution in [3.8, 4) is 5.75 Å². The van der Waals surface area contributed by atoms with Crippen LogP contribution < -0.4 is 10.5 Å². The first-order valence-electron chi connectivity index (χ1n) is 6.86. The van der Waals surface area contributed by atoms with Crippen molar-refractivity contribution < 1.29 is 9.53 Å². The van der Waals surface area contributed by atoms with Crippen LogP contribution in [0.5, 0.6) is 5.75 Å². The first-order chi connectivity index (χ1) is 9.61. The number of likely N-dealkylation sites (tertiary alicyclic amines) is 1. The van der Waals surface area contributed by atoms with Crippen LogP contribution in [0.15, 0.2) is 18.2 Å². The molecule has 0 aliphatic carbocycles. The minimum Gasteiger partial charge on any atom is -0.496 e. The standard InChI is InChI=1S/C15H20N2O2S/c1-19-13-7-6-11(9-12(13)15(16)20)10-17-8-4-2-3-5-14(17)18/h6-7,9H,2-5,8,10H2,1H3,(H2,16,20). The molecule has 1 amide bonds. The van der Waals surface area contributed by atoms with Gasteiger partial charge in [0.2, 0.25) is 5.91 Å². The number of benzene rings is 1. The molecule has 1 aromatic rings. The van der Waals surface area contributed by atoms with E-state index in [1.54, 1.807) is 7.11 Å². The van der Waals surface area contributed by atoms with Gasteiger partial charge in [-0.2, -0.15) is 0 Å². The van der Waals surface area contributed by atoms with Crippen LogP contribution in [-0.2, 0) is 11.3 Å². The molecule has 1 heterocycles. The molecule has 0 spiro atoms. The van der Waals surface area contributed by atoms with Crippen LogP contribution in [0, 0.1) is 0 Å². The van der Waals surface area contributed by atoms with Gasteiger partial charge in [0.05, 0.1) is 12.7 Å². The molecule has 4 nitrogen and oxygen atoms in total. The summed E-state index contributed by atoms with van der Waals surface area (Å²) in [5.41, 5.74) is 7.47. The largest absolute Gasteiger partial charge is 0.496 e. The van der Waals surface area contributed by atoms with E-state index in [-0.39, 0.29) is 5.91 Å². The van der Waals surface area contributed by atoms with Crippen molar-refractivity contribution in [2.45, 2.75) is 32.2 Å². The predicted molar refractivity (Wildman–Crippen MR) is 82.8 cm³/mol. The van der Waals surface area contributed by atoms with Gasteiger partial charge in [-0.1, -0.05) is 24.7 Å². The number of methoxy groups -OCH3 is 1. The van der Waals surface area contributed by atoms with Crippen molar-refractivity contribution in [1.82, 2.24) is 4.90 Å². The number of carbonyl (C=O) groups is 1. The first-order valence-corrected chi connectivity index (χ1v) is 7.27. The van der Waals surface area contributed by atoms with Crippen LogP contribution >= 0.6 is 12.2 Å². The Labute approximate surface area is 124 Å². The molecular formula is C15H20N2O2S. The molecule has 0 bridgehead atoms. The molecule has 1 aliphatic heterocycles. The van der Waals surface area contributed by atoms with Crippen LogP contribution in [0.4, 0.5) is 0 Å². The number of carbonyl (C=O) groups excluding carboxylic acids is 1. The SMILES string of the molecule is COc1ccc(CN2CCCCCC2=O)cc1C(N)=S. The highest BCUT2D eigenvalue weighted by Gasteiger charge is 2.17. The zero-order chi connectivity index (χ0) is 14.5. The Morgan fingerprint density at radius 3 is 2.90 bits per heavy atom. The highest BCUT2D eigenvalue weighted by Crippen LogP contribution is 2.22. The molecule has 1 fully saturated rings. The molecule has 2 N–H and O–H groups in total. The van der Waals surface area contributed by atoms with Crippen LogP contribution in [-0.4, -0.2) is 29.5 Å². The number of nitrogens with zero attached hydrogens (tertiary/aromatic N) is 1. The number of amides is 1. The van der Waals surface area contributed by atoms with Crippen LogP contribution in [0.25, 0.3) is 0 Å². The number of thiocarbonyl (C=S) groups is 1. The topological polar surface area (TPSA) is 55.6 Å². The van der Waals surface area contributed by atoms with E-state index in [0.717, 1.165) is 36.9 Å². The summed E-state index contributed by atoms with van der Waals surface area (Å²) in [7, 11) is 1.59. The van der Waals surface area contributed by atoms with Gasteiger partial charge in [-0.25, -0.2) is 0 Å². The van der Waals surface area contributed by atoms with E-state index < -0.39 is 0 Å². The Morgan fingerprint density at radius 2 is 2.20 bits per heavy atom. The van der Waals surface area contributed by atoms with E-state index in [0.29, 0.717) is 23.7 Å². The van der Waals surface area contributed by atoms with Gasteiger partial charge < -0.3 is 15.4 Å². The molecule has 0 saturated carbocycles. The third-order valence-corrected chi connectivity index (χ3v) is 3.79. The molecule has 108 valence electrons. The highest BCUT2D eigenvalue weighted by atomic mass is 32.1. The number of ether oxygens (including phenoxy) is 1. The number of hydrogen-bond donors (Lipinski definition) is 1. The second kappa shape index (κ2) is 6.70. The molecule has 2 rings (SSSR count). The van der Waals surface area contributed by atoms with E-state index in [4.69, 9.17) is 22.7 Å². The maximum atomic E-state index is 12.0. The van der Waals surface area contributed by atoms with Crippen molar-refractivity contribution in [1.29, 1.82) is 0 Å². The summed E-state index contributed by atoms with van der Waals surface area (Å²) < 4.78 is 5.24. The quantitative estimate of drug-likeness (QED) is 0.865.